The van der Waals surface area contributed by atoms with Crippen LogP contribution in [0, 0.1) is 5.82 Å². The average Bonchev–Trinajstić information content (AvgIpc) is 2.83. The summed E-state index contributed by atoms with van der Waals surface area (Å²) in [6.45, 7) is 2.41. The number of hydrogen-bond donors (Lipinski definition) is 1. The summed E-state index contributed by atoms with van der Waals surface area (Å²) in [7, 11) is 1.56. The Labute approximate surface area is 111 Å². The van der Waals surface area contributed by atoms with Gasteiger partial charge in [0, 0.05) is 0 Å². The molecule has 2 aliphatic rings. The van der Waals surface area contributed by atoms with Crippen molar-refractivity contribution in [3.8, 4) is 5.75 Å². The van der Waals surface area contributed by atoms with Crippen molar-refractivity contribution in [2.75, 3.05) is 26.8 Å². The molecule has 1 aromatic rings. The van der Waals surface area contributed by atoms with Crippen molar-refractivity contribution < 1.29 is 18.6 Å². The topological polar surface area (TPSA) is 39.7 Å². The summed E-state index contributed by atoms with van der Waals surface area (Å²) in [5.74, 6) is 0.284. The SMILES string of the molecule is COc1ccc(F)cc1C1OCC2(CCNCC2)O1. The highest BCUT2D eigenvalue weighted by Gasteiger charge is 2.43. The van der Waals surface area contributed by atoms with Crippen molar-refractivity contribution >= 4 is 0 Å². The Hall–Kier alpha value is -1.17. The van der Waals surface area contributed by atoms with Crippen LogP contribution in [0.3, 0.4) is 0 Å². The van der Waals surface area contributed by atoms with Gasteiger partial charge in [-0.3, -0.25) is 0 Å². The van der Waals surface area contributed by atoms with Crippen molar-refractivity contribution in [2.24, 2.45) is 0 Å². The van der Waals surface area contributed by atoms with E-state index in [9.17, 15) is 4.39 Å². The van der Waals surface area contributed by atoms with Crippen LogP contribution in [0.15, 0.2) is 18.2 Å². The molecule has 1 N–H and O–H groups in total. The lowest BCUT2D eigenvalue weighted by Crippen LogP contribution is -2.43. The van der Waals surface area contributed by atoms with Gasteiger partial charge < -0.3 is 19.5 Å². The largest absolute Gasteiger partial charge is 0.496 e. The Morgan fingerprint density at radius 1 is 1.37 bits per heavy atom. The van der Waals surface area contributed by atoms with E-state index in [0.717, 1.165) is 25.9 Å². The van der Waals surface area contributed by atoms with Gasteiger partial charge in [0.25, 0.3) is 0 Å². The summed E-state index contributed by atoms with van der Waals surface area (Å²) in [5.41, 5.74) is 0.394. The molecule has 104 valence electrons. The molecule has 2 saturated heterocycles. The third-order valence-corrected chi connectivity index (χ3v) is 3.82. The molecule has 4 nitrogen and oxygen atoms in total. The molecule has 1 unspecified atom stereocenters. The lowest BCUT2D eigenvalue weighted by Gasteiger charge is -2.31. The number of piperidine rings is 1. The fourth-order valence-electron chi connectivity index (χ4n) is 2.71. The molecule has 1 aromatic carbocycles. The van der Waals surface area contributed by atoms with Crippen molar-refractivity contribution in [1.82, 2.24) is 5.32 Å². The van der Waals surface area contributed by atoms with E-state index in [1.807, 2.05) is 0 Å². The lowest BCUT2D eigenvalue weighted by molar-refractivity contribution is -0.101. The van der Waals surface area contributed by atoms with Gasteiger partial charge in [-0.1, -0.05) is 0 Å². The minimum atomic E-state index is -0.538. The molecule has 0 aliphatic carbocycles. The zero-order chi connectivity index (χ0) is 13.3. The van der Waals surface area contributed by atoms with Gasteiger partial charge >= 0.3 is 0 Å². The molecular weight excluding hydrogens is 249 g/mol. The fourth-order valence-corrected chi connectivity index (χ4v) is 2.71. The Morgan fingerprint density at radius 3 is 2.89 bits per heavy atom. The second-order valence-corrected chi connectivity index (χ2v) is 5.08. The van der Waals surface area contributed by atoms with Gasteiger partial charge in [-0.2, -0.15) is 0 Å². The number of methoxy groups -OCH3 is 1. The highest BCUT2D eigenvalue weighted by atomic mass is 19.1. The number of nitrogens with one attached hydrogen (secondary N) is 1. The van der Waals surface area contributed by atoms with Crippen LogP contribution in [-0.2, 0) is 9.47 Å². The van der Waals surface area contributed by atoms with Gasteiger partial charge in [-0.25, -0.2) is 4.39 Å². The number of halogens is 1. The summed E-state index contributed by atoms with van der Waals surface area (Å²) in [4.78, 5) is 0. The van der Waals surface area contributed by atoms with E-state index in [4.69, 9.17) is 14.2 Å². The van der Waals surface area contributed by atoms with Gasteiger partial charge in [0.2, 0.25) is 0 Å². The second-order valence-electron chi connectivity index (χ2n) is 5.08. The van der Waals surface area contributed by atoms with Crippen LogP contribution >= 0.6 is 0 Å². The molecule has 0 saturated carbocycles. The summed E-state index contributed by atoms with van der Waals surface area (Å²) in [6.07, 6.45) is 1.30. The Kier molecular flexibility index (Phi) is 3.43. The van der Waals surface area contributed by atoms with Gasteiger partial charge in [-0.05, 0) is 44.1 Å². The predicted octanol–water partition coefficient (Wildman–Crippen LogP) is 2.00. The molecule has 2 heterocycles. The van der Waals surface area contributed by atoms with E-state index in [0.29, 0.717) is 17.9 Å². The molecule has 1 spiro atoms. The highest BCUT2D eigenvalue weighted by molar-refractivity contribution is 5.35. The maximum absolute atomic E-state index is 13.4. The zero-order valence-corrected chi connectivity index (χ0v) is 10.9. The van der Waals surface area contributed by atoms with Crippen LogP contribution in [0.1, 0.15) is 24.7 Å². The van der Waals surface area contributed by atoms with Gasteiger partial charge in [0.05, 0.1) is 24.9 Å². The summed E-state index contributed by atoms with van der Waals surface area (Å²) >= 11 is 0. The molecule has 0 radical (unpaired) electrons. The summed E-state index contributed by atoms with van der Waals surface area (Å²) in [5, 5.41) is 3.30. The first-order valence-corrected chi connectivity index (χ1v) is 6.56. The van der Waals surface area contributed by atoms with Crippen molar-refractivity contribution in [1.29, 1.82) is 0 Å². The van der Waals surface area contributed by atoms with Gasteiger partial charge in [0.1, 0.15) is 11.6 Å². The number of rotatable bonds is 2. The standard InChI is InChI=1S/C14H18FNO3/c1-17-12-3-2-10(15)8-11(12)13-18-9-14(19-13)4-6-16-7-5-14/h2-3,8,13,16H,4-7,9H2,1H3. The minimum absolute atomic E-state index is 0.229. The number of benzene rings is 1. The lowest BCUT2D eigenvalue weighted by atomic mass is 9.94. The Bertz CT molecular complexity index is 460. The van der Waals surface area contributed by atoms with Crippen molar-refractivity contribution in [2.45, 2.75) is 24.7 Å². The molecule has 0 amide bonds. The average molecular weight is 267 g/mol. The number of hydrogen-bond acceptors (Lipinski definition) is 4. The fraction of sp³-hybridized carbons (Fsp3) is 0.571. The minimum Gasteiger partial charge on any atom is -0.496 e. The first kappa shape index (κ1) is 12.8. The molecule has 5 heteroatoms. The van der Waals surface area contributed by atoms with E-state index in [1.54, 1.807) is 13.2 Å². The van der Waals surface area contributed by atoms with Crippen molar-refractivity contribution in [3.63, 3.8) is 0 Å². The molecule has 0 bridgehead atoms. The third-order valence-electron chi connectivity index (χ3n) is 3.82. The van der Waals surface area contributed by atoms with E-state index in [2.05, 4.69) is 5.32 Å². The maximum atomic E-state index is 13.4. The molecule has 19 heavy (non-hydrogen) atoms. The summed E-state index contributed by atoms with van der Waals surface area (Å²) < 4.78 is 30.4. The van der Waals surface area contributed by atoms with Crippen LogP contribution in [-0.4, -0.2) is 32.4 Å². The van der Waals surface area contributed by atoms with Crippen LogP contribution in [0.2, 0.25) is 0 Å². The first-order chi connectivity index (χ1) is 9.22. The third kappa shape index (κ3) is 2.45. The molecule has 1 atom stereocenters. The molecular formula is C14H18FNO3. The van der Waals surface area contributed by atoms with E-state index >= 15 is 0 Å². The Balaban J connectivity index is 1.82. The molecule has 3 rings (SSSR count). The van der Waals surface area contributed by atoms with Crippen LogP contribution in [0.5, 0.6) is 5.75 Å². The number of ether oxygens (including phenoxy) is 3. The van der Waals surface area contributed by atoms with Crippen molar-refractivity contribution in [3.05, 3.63) is 29.6 Å². The molecule has 2 aliphatic heterocycles. The Morgan fingerprint density at radius 2 is 2.16 bits per heavy atom. The quantitative estimate of drug-likeness (QED) is 0.889. The molecule has 0 aromatic heterocycles. The smallest absolute Gasteiger partial charge is 0.188 e. The van der Waals surface area contributed by atoms with Gasteiger partial charge in [0.15, 0.2) is 6.29 Å². The van der Waals surface area contributed by atoms with Crippen LogP contribution in [0.25, 0.3) is 0 Å². The van der Waals surface area contributed by atoms with E-state index in [1.165, 1.54) is 12.1 Å². The predicted molar refractivity (Wildman–Crippen MR) is 67.6 cm³/mol. The van der Waals surface area contributed by atoms with Crippen LogP contribution in [0.4, 0.5) is 4.39 Å². The molecule has 2 fully saturated rings. The first-order valence-electron chi connectivity index (χ1n) is 6.56. The maximum Gasteiger partial charge on any atom is 0.188 e. The second kappa shape index (κ2) is 5.07. The highest BCUT2D eigenvalue weighted by Crippen LogP contribution is 2.41. The van der Waals surface area contributed by atoms with E-state index < -0.39 is 6.29 Å². The van der Waals surface area contributed by atoms with Gasteiger partial charge in [-0.15, -0.1) is 0 Å². The summed E-state index contributed by atoms with van der Waals surface area (Å²) in [6, 6.07) is 4.39. The normalized spacial score (nSPS) is 25.7. The van der Waals surface area contributed by atoms with Crippen LogP contribution < -0.4 is 10.1 Å². The zero-order valence-electron chi connectivity index (χ0n) is 10.9. The van der Waals surface area contributed by atoms with E-state index in [-0.39, 0.29) is 11.4 Å². The monoisotopic (exact) mass is 267 g/mol.